The van der Waals surface area contributed by atoms with E-state index in [0.717, 1.165) is 40.9 Å². The number of hydrogen-bond acceptors (Lipinski definition) is 6. The number of fused-ring (bicyclic) bond motifs is 2. The lowest BCUT2D eigenvalue weighted by atomic mass is 9.78. The minimum absolute atomic E-state index is 0.122. The first-order valence-corrected chi connectivity index (χ1v) is 10.7. The number of hydrogen-bond donors (Lipinski definition) is 4. The Hall–Kier alpha value is -3.94. The fourth-order valence-electron chi connectivity index (χ4n) is 4.17. The number of benzene rings is 1. The average Bonchev–Trinajstić information content (AvgIpc) is 3.27. The lowest BCUT2D eigenvalue weighted by molar-refractivity contribution is 0.102. The molecule has 0 unspecified atom stereocenters. The lowest BCUT2D eigenvalue weighted by Crippen LogP contribution is -2.28. The number of carbonyl (C=O) groups excluding carboxylic acids is 1. The highest BCUT2D eigenvalue weighted by Crippen LogP contribution is 2.37. The molecule has 8 heteroatoms. The van der Waals surface area contributed by atoms with Gasteiger partial charge in [0.2, 0.25) is 0 Å². The smallest absolute Gasteiger partial charge is 0.259 e. The summed E-state index contributed by atoms with van der Waals surface area (Å²) in [5.74, 6) is 0.314. The molecule has 0 bridgehead atoms. The Bertz CT molecular complexity index is 1290. The molecule has 1 aliphatic heterocycles. The summed E-state index contributed by atoms with van der Waals surface area (Å²) in [6.45, 7) is 5.91. The van der Waals surface area contributed by atoms with Crippen molar-refractivity contribution in [2.75, 3.05) is 22.5 Å². The summed E-state index contributed by atoms with van der Waals surface area (Å²) in [6, 6.07) is 11.5. The number of amides is 1. The van der Waals surface area contributed by atoms with E-state index >= 15 is 0 Å². The zero-order valence-corrected chi connectivity index (χ0v) is 18.1. The van der Waals surface area contributed by atoms with Gasteiger partial charge in [-0.1, -0.05) is 19.9 Å². The first-order valence-electron chi connectivity index (χ1n) is 10.7. The SMILES string of the molecule is CC1(C)CCNc2cc(NC(=O)c3cccnc3NCc3ccnc4[nH]ncc34)ccc21. The molecule has 0 radical (unpaired) electrons. The van der Waals surface area contributed by atoms with E-state index < -0.39 is 0 Å². The van der Waals surface area contributed by atoms with E-state index in [9.17, 15) is 4.79 Å². The zero-order valence-electron chi connectivity index (χ0n) is 18.1. The van der Waals surface area contributed by atoms with Crippen molar-refractivity contribution in [2.45, 2.75) is 32.2 Å². The van der Waals surface area contributed by atoms with Gasteiger partial charge in [-0.25, -0.2) is 9.97 Å². The maximum atomic E-state index is 13.1. The summed E-state index contributed by atoms with van der Waals surface area (Å²) in [5.41, 5.74) is 5.45. The van der Waals surface area contributed by atoms with E-state index in [1.54, 1.807) is 30.7 Å². The van der Waals surface area contributed by atoms with Gasteiger partial charge in [-0.2, -0.15) is 5.10 Å². The van der Waals surface area contributed by atoms with Crippen LogP contribution in [0.25, 0.3) is 11.0 Å². The second kappa shape index (κ2) is 7.96. The van der Waals surface area contributed by atoms with E-state index in [-0.39, 0.29) is 11.3 Å². The van der Waals surface area contributed by atoms with E-state index in [1.165, 1.54) is 5.56 Å². The minimum atomic E-state index is -0.209. The Morgan fingerprint density at radius 2 is 2.06 bits per heavy atom. The molecule has 1 aromatic carbocycles. The van der Waals surface area contributed by atoms with Gasteiger partial charge in [0.15, 0.2) is 5.65 Å². The molecule has 5 rings (SSSR count). The van der Waals surface area contributed by atoms with Gasteiger partial charge in [-0.15, -0.1) is 0 Å². The second-order valence-corrected chi connectivity index (χ2v) is 8.63. The number of anilines is 3. The van der Waals surface area contributed by atoms with Gasteiger partial charge in [-0.05, 0) is 53.3 Å². The molecule has 4 N–H and O–H groups in total. The van der Waals surface area contributed by atoms with Crippen molar-refractivity contribution in [2.24, 2.45) is 0 Å². The normalized spacial score (nSPS) is 14.4. The van der Waals surface area contributed by atoms with Gasteiger partial charge in [-0.3, -0.25) is 9.89 Å². The first-order chi connectivity index (χ1) is 15.5. The highest BCUT2D eigenvalue weighted by Gasteiger charge is 2.27. The van der Waals surface area contributed by atoms with Gasteiger partial charge in [0.1, 0.15) is 5.82 Å². The van der Waals surface area contributed by atoms with E-state index in [0.29, 0.717) is 17.9 Å². The summed E-state index contributed by atoms with van der Waals surface area (Å²) in [7, 11) is 0. The number of rotatable bonds is 5. The third-order valence-corrected chi connectivity index (χ3v) is 6.02. The molecule has 162 valence electrons. The molecule has 1 amide bonds. The Kier molecular flexibility index (Phi) is 4.97. The molecule has 0 atom stereocenters. The number of pyridine rings is 2. The summed E-state index contributed by atoms with van der Waals surface area (Å²) in [6.07, 6.45) is 6.23. The third-order valence-electron chi connectivity index (χ3n) is 6.02. The van der Waals surface area contributed by atoms with Crippen LogP contribution in [-0.4, -0.2) is 32.6 Å². The van der Waals surface area contributed by atoms with Gasteiger partial charge < -0.3 is 16.0 Å². The van der Waals surface area contributed by atoms with Crippen molar-refractivity contribution in [3.8, 4) is 0 Å². The van der Waals surface area contributed by atoms with Crippen LogP contribution in [0.5, 0.6) is 0 Å². The van der Waals surface area contributed by atoms with Crippen molar-refractivity contribution in [1.29, 1.82) is 0 Å². The summed E-state index contributed by atoms with van der Waals surface area (Å²) in [4.78, 5) is 21.7. The third kappa shape index (κ3) is 3.75. The Balaban J connectivity index is 1.34. The highest BCUT2D eigenvalue weighted by atomic mass is 16.1. The van der Waals surface area contributed by atoms with Crippen molar-refractivity contribution in [3.63, 3.8) is 0 Å². The van der Waals surface area contributed by atoms with Crippen molar-refractivity contribution < 1.29 is 4.79 Å². The molecule has 0 spiro atoms. The molecule has 32 heavy (non-hydrogen) atoms. The lowest BCUT2D eigenvalue weighted by Gasteiger charge is -2.33. The molecule has 0 fully saturated rings. The maximum absolute atomic E-state index is 13.1. The molecule has 0 saturated heterocycles. The van der Waals surface area contributed by atoms with Crippen LogP contribution in [0.2, 0.25) is 0 Å². The molecular weight excluding hydrogens is 402 g/mol. The summed E-state index contributed by atoms with van der Waals surface area (Å²) < 4.78 is 0. The predicted molar refractivity (Wildman–Crippen MR) is 126 cm³/mol. The molecule has 8 nitrogen and oxygen atoms in total. The standard InChI is InChI=1S/C24H25N7O/c1-24(2)8-11-25-20-12-16(5-6-19(20)24)30-23(32)17-4-3-9-26-21(17)28-13-15-7-10-27-22-18(15)14-29-31-22/h3-7,9-10,12,14,25H,8,11,13H2,1-2H3,(H,26,28)(H,30,32)(H,27,29,31). The average molecular weight is 428 g/mol. The van der Waals surface area contributed by atoms with Crippen molar-refractivity contribution in [1.82, 2.24) is 20.2 Å². The van der Waals surface area contributed by atoms with E-state index in [4.69, 9.17) is 0 Å². The molecular formula is C24H25N7O. The largest absolute Gasteiger partial charge is 0.385 e. The number of aromatic amines is 1. The summed E-state index contributed by atoms with van der Waals surface area (Å²) in [5, 5.41) is 17.6. The predicted octanol–water partition coefficient (Wildman–Crippen LogP) is 4.31. The maximum Gasteiger partial charge on any atom is 0.259 e. The topological polar surface area (TPSA) is 108 Å². The van der Waals surface area contributed by atoms with Crippen molar-refractivity contribution >= 4 is 34.1 Å². The molecule has 3 aromatic heterocycles. The summed E-state index contributed by atoms with van der Waals surface area (Å²) >= 11 is 0. The number of nitrogens with zero attached hydrogens (tertiary/aromatic N) is 3. The van der Waals surface area contributed by atoms with Crippen LogP contribution < -0.4 is 16.0 Å². The molecule has 4 aromatic rings. The Morgan fingerprint density at radius 3 is 2.97 bits per heavy atom. The van der Waals surface area contributed by atoms with Crippen LogP contribution in [0, 0.1) is 0 Å². The van der Waals surface area contributed by atoms with Gasteiger partial charge in [0.25, 0.3) is 5.91 Å². The zero-order chi connectivity index (χ0) is 22.1. The van der Waals surface area contributed by atoms with Crippen LogP contribution in [0.1, 0.15) is 41.8 Å². The Morgan fingerprint density at radius 1 is 1.16 bits per heavy atom. The van der Waals surface area contributed by atoms with Gasteiger partial charge in [0, 0.05) is 42.2 Å². The van der Waals surface area contributed by atoms with Gasteiger partial charge >= 0.3 is 0 Å². The highest BCUT2D eigenvalue weighted by molar-refractivity contribution is 6.07. The van der Waals surface area contributed by atoms with Crippen molar-refractivity contribution in [3.05, 3.63) is 71.7 Å². The van der Waals surface area contributed by atoms with Crippen LogP contribution in [0.4, 0.5) is 17.2 Å². The van der Waals surface area contributed by atoms with Crippen LogP contribution >= 0.6 is 0 Å². The fraction of sp³-hybridized carbons (Fsp3) is 0.250. The minimum Gasteiger partial charge on any atom is -0.385 e. The van der Waals surface area contributed by atoms with Crippen LogP contribution in [0.15, 0.2) is 55.0 Å². The quantitative estimate of drug-likeness (QED) is 0.378. The molecule has 0 aliphatic carbocycles. The number of aromatic nitrogens is 4. The van der Waals surface area contributed by atoms with E-state index in [2.05, 4.69) is 56.0 Å². The Labute approximate surface area is 185 Å². The van der Waals surface area contributed by atoms with Crippen LogP contribution in [-0.2, 0) is 12.0 Å². The number of carbonyl (C=O) groups is 1. The number of H-pyrrole nitrogens is 1. The molecule has 1 aliphatic rings. The van der Waals surface area contributed by atoms with Crippen LogP contribution in [0.3, 0.4) is 0 Å². The second-order valence-electron chi connectivity index (χ2n) is 8.63. The molecule has 4 heterocycles. The van der Waals surface area contributed by atoms with Gasteiger partial charge in [0.05, 0.1) is 11.8 Å². The number of nitrogens with one attached hydrogen (secondary N) is 4. The fourth-order valence-corrected chi connectivity index (χ4v) is 4.17. The molecule has 0 saturated carbocycles. The van der Waals surface area contributed by atoms with E-state index in [1.807, 2.05) is 18.2 Å². The first kappa shape index (κ1) is 20.0. The monoisotopic (exact) mass is 427 g/mol.